The van der Waals surface area contributed by atoms with Gasteiger partial charge in [-0.05, 0) is 81.7 Å². The molecule has 7 heteroatoms. The highest BCUT2D eigenvalue weighted by atomic mass is 32.1. The van der Waals surface area contributed by atoms with Gasteiger partial charge in [0, 0.05) is 29.7 Å². The lowest BCUT2D eigenvalue weighted by Gasteiger charge is -2.35. The van der Waals surface area contributed by atoms with Crippen molar-refractivity contribution < 1.29 is 5.11 Å². The van der Waals surface area contributed by atoms with Crippen molar-refractivity contribution in [3.63, 3.8) is 0 Å². The standard InChI is InChI=1S/C24H27N5OS/c1-15-10-18(12-20(11-15)29-23-26-9-8-16(2)28-23)21-14-27-22(31-21)24(3,30)19-6-4-17(13-25)5-7-19/h8-12,14,17,19,30H,4-7H2,1-3H3,(H,26,28,29). The number of nitrogens with zero attached hydrogens (tertiary/aromatic N) is 4. The van der Waals surface area contributed by atoms with Crippen LogP contribution in [0.5, 0.6) is 0 Å². The van der Waals surface area contributed by atoms with Crippen molar-refractivity contribution in [2.24, 2.45) is 11.8 Å². The van der Waals surface area contributed by atoms with E-state index < -0.39 is 5.60 Å². The molecule has 31 heavy (non-hydrogen) atoms. The smallest absolute Gasteiger partial charge is 0.227 e. The van der Waals surface area contributed by atoms with Crippen molar-refractivity contribution in [1.82, 2.24) is 15.0 Å². The van der Waals surface area contributed by atoms with Gasteiger partial charge in [0.05, 0.1) is 10.9 Å². The molecule has 4 rings (SSSR count). The molecule has 1 aliphatic carbocycles. The summed E-state index contributed by atoms with van der Waals surface area (Å²) in [4.78, 5) is 14.3. The van der Waals surface area contributed by atoms with Crippen molar-refractivity contribution in [2.75, 3.05) is 5.32 Å². The molecule has 2 N–H and O–H groups in total. The van der Waals surface area contributed by atoms with E-state index in [0.717, 1.165) is 58.1 Å². The zero-order valence-electron chi connectivity index (χ0n) is 18.1. The maximum atomic E-state index is 11.3. The number of anilines is 2. The van der Waals surface area contributed by atoms with Gasteiger partial charge in [0.1, 0.15) is 10.6 Å². The predicted octanol–water partition coefficient (Wildman–Crippen LogP) is 5.50. The van der Waals surface area contributed by atoms with Crippen LogP contribution in [0.2, 0.25) is 0 Å². The number of nitriles is 1. The van der Waals surface area contributed by atoms with E-state index in [1.54, 1.807) is 6.20 Å². The summed E-state index contributed by atoms with van der Waals surface area (Å²) >= 11 is 1.53. The molecule has 6 nitrogen and oxygen atoms in total. The number of thiazole rings is 1. The number of rotatable bonds is 5. The number of hydrogen-bond acceptors (Lipinski definition) is 7. The van der Waals surface area contributed by atoms with Crippen molar-refractivity contribution in [1.29, 1.82) is 5.26 Å². The van der Waals surface area contributed by atoms with E-state index in [0.29, 0.717) is 5.95 Å². The molecule has 0 bridgehead atoms. The molecule has 0 radical (unpaired) electrons. The van der Waals surface area contributed by atoms with Crippen LogP contribution in [0.25, 0.3) is 10.4 Å². The Kier molecular flexibility index (Phi) is 6.03. The second-order valence-corrected chi connectivity index (χ2v) is 9.62. The molecule has 2 aromatic heterocycles. The van der Waals surface area contributed by atoms with Gasteiger partial charge in [0.15, 0.2) is 0 Å². The van der Waals surface area contributed by atoms with E-state index in [-0.39, 0.29) is 11.8 Å². The quantitative estimate of drug-likeness (QED) is 0.552. The Bertz CT molecular complexity index is 1110. The molecule has 0 spiro atoms. The lowest BCUT2D eigenvalue weighted by molar-refractivity contribution is -0.0248. The van der Waals surface area contributed by atoms with Gasteiger partial charge in [0.25, 0.3) is 0 Å². The monoisotopic (exact) mass is 433 g/mol. The van der Waals surface area contributed by atoms with Crippen LogP contribution < -0.4 is 5.32 Å². The van der Waals surface area contributed by atoms with E-state index in [1.165, 1.54) is 11.3 Å². The minimum Gasteiger partial charge on any atom is -0.383 e. The molecule has 1 aromatic carbocycles. The molecule has 0 aliphatic heterocycles. The SMILES string of the molecule is Cc1cc(Nc2nccc(C)n2)cc(-c2cnc(C(C)(O)C3CCC(C#N)CC3)s2)c1. The largest absolute Gasteiger partial charge is 0.383 e. The molecular weight excluding hydrogens is 406 g/mol. The maximum Gasteiger partial charge on any atom is 0.227 e. The van der Waals surface area contributed by atoms with Crippen molar-refractivity contribution in [3.05, 3.63) is 52.9 Å². The third-order valence-corrected chi connectivity index (χ3v) is 7.33. The number of hydrogen-bond donors (Lipinski definition) is 2. The Morgan fingerprint density at radius 3 is 2.65 bits per heavy atom. The first kappa shape index (κ1) is 21.4. The molecule has 1 fully saturated rings. The normalized spacial score (nSPS) is 20.6. The fourth-order valence-electron chi connectivity index (χ4n) is 4.24. The van der Waals surface area contributed by atoms with Crippen LogP contribution in [-0.4, -0.2) is 20.1 Å². The zero-order valence-corrected chi connectivity index (χ0v) is 18.9. The van der Waals surface area contributed by atoms with E-state index in [4.69, 9.17) is 5.26 Å². The van der Waals surface area contributed by atoms with Crippen LogP contribution in [0.1, 0.15) is 48.9 Å². The van der Waals surface area contributed by atoms with Crippen LogP contribution in [0.3, 0.4) is 0 Å². The van der Waals surface area contributed by atoms with Crippen LogP contribution in [0.4, 0.5) is 11.6 Å². The van der Waals surface area contributed by atoms with Gasteiger partial charge in [-0.15, -0.1) is 11.3 Å². The Morgan fingerprint density at radius 2 is 1.94 bits per heavy atom. The fourth-order valence-corrected chi connectivity index (χ4v) is 5.26. The van der Waals surface area contributed by atoms with E-state index in [9.17, 15) is 5.11 Å². The zero-order chi connectivity index (χ0) is 22.0. The summed E-state index contributed by atoms with van der Waals surface area (Å²) in [5, 5.41) is 24.5. The van der Waals surface area contributed by atoms with Gasteiger partial charge in [-0.25, -0.2) is 15.0 Å². The van der Waals surface area contributed by atoms with Crippen molar-refractivity contribution in [2.45, 2.75) is 52.1 Å². The topological polar surface area (TPSA) is 94.7 Å². The Balaban J connectivity index is 1.56. The number of nitrogens with one attached hydrogen (secondary N) is 1. The number of benzene rings is 1. The second-order valence-electron chi connectivity index (χ2n) is 8.59. The molecule has 2 heterocycles. The van der Waals surface area contributed by atoms with Crippen LogP contribution >= 0.6 is 11.3 Å². The predicted molar refractivity (Wildman–Crippen MR) is 123 cm³/mol. The van der Waals surface area contributed by atoms with Gasteiger partial charge in [-0.2, -0.15) is 5.26 Å². The summed E-state index contributed by atoms with van der Waals surface area (Å²) in [6.45, 7) is 5.86. The molecular formula is C24H27N5OS. The van der Waals surface area contributed by atoms with E-state index >= 15 is 0 Å². The molecule has 160 valence electrons. The third kappa shape index (κ3) is 4.76. The highest BCUT2D eigenvalue weighted by Gasteiger charge is 2.38. The molecule has 0 amide bonds. The van der Waals surface area contributed by atoms with Crippen LogP contribution in [0, 0.1) is 37.0 Å². The minimum absolute atomic E-state index is 0.120. The first-order valence-corrected chi connectivity index (χ1v) is 11.4. The third-order valence-electron chi connectivity index (χ3n) is 6.06. The lowest BCUT2D eigenvalue weighted by atomic mass is 9.75. The molecule has 1 aliphatic rings. The first-order valence-electron chi connectivity index (χ1n) is 10.6. The summed E-state index contributed by atoms with van der Waals surface area (Å²) in [6.07, 6.45) is 7.00. The molecule has 1 atom stereocenters. The molecule has 3 aromatic rings. The van der Waals surface area contributed by atoms with E-state index in [1.807, 2.05) is 26.1 Å². The average Bonchev–Trinajstić information content (AvgIpc) is 3.25. The Morgan fingerprint density at radius 1 is 1.16 bits per heavy atom. The average molecular weight is 434 g/mol. The molecule has 1 saturated carbocycles. The fraction of sp³-hybridized carbons (Fsp3) is 0.417. The molecule has 1 unspecified atom stereocenters. The molecule has 0 saturated heterocycles. The van der Waals surface area contributed by atoms with Gasteiger partial charge in [-0.3, -0.25) is 0 Å². The number of aromatic nitrogens is 3. The van der Waals surface area contributed by atoms with Crippen molar-refractivity contribution >= 4 is 23.0 Å². The van der Waals surface area contributed by atoms with Gasteiger partial charge < -0.3 is 10.4 Å². The summed E-state index contributed by atoms with van der Waals surface area (Å²) in [6, 6.07) is 10.5. The summed E-state index contributed by atoms with van der Waals surface area (Å²) in [7, 11) is 0. The van der Waals surface area contributed by atoms with Gasteiger partial charge >= 0.3 is 0 Å². The van der Waals surface area contributed by atoms with Crippen molar-refractivity contribution in [3.8, 4) is 16.5 Å². The Hall–Kier alpha value is -2.82. The lowest BCUT2D eigenvalue weighted by Crippen LogP contribution is -2.34. The number of aliphatic hydroxyl groups is 1. The van der Waals surface area contributed by atoms with Gasteiger partial charge in [-0.1, -0.05) is 6.07 Å². The maximum absolute atomic E-state index is 11.3. The van der Waals surface area contributed by atoms with Gasteiger partial charge in [0.2, 0.25) is 5.95 Å². The summed E-state index contributed by atoms with van der Waals surface area (Å²) in [5.74, 6) is 0.816. The van der Waals surface area contributed by atoms with Crippen LogP contribution in [0.15, 0.2) is 36.7 Å². The van der Waals surface area contributed by atoms with E-state index in [2.05, 4.69) is 51.5 Å². The van der Waals surface area contributed by atoms with Crippen LogP contribution in [-0.2, 0) is 5.60 Å². The Labute approximate surface area is 187 Å². The second kappa shape index (κ2) is 8.74. The minimum atomic E-state index is -0.982. The highest BCUT2D eigenvalue weighted by molar-refractivity contribution is 7.15. The summed E-state index contributed by atoms with van der Waals surface area (Å²) in [5.41, 5.74) is 3.00. The first-order chi connectivity index (χ1) is 14.8. The number of aryl methyl sites for hydroxylation is 2. The highest BCUT2D eigenvalue weighted by Crippen LogP contribution is 2.43. The summed E-state index contributed by atoms with van der Waals surface area (Å²) < 4.78 is 0.